The largest absolute Gasteiger partial charge is 0.461 e. The van der Waals surface area contributed by atoms with Crippen molar-refractivity contribution in [3.8, 4) is 0 Å². The van der Waals surface area contributed by atoms with E-state index in [1.165, 1.54) is 12.1 Å². The molecule has 2 heterocycles. The number of aromatic nitrogens is 3. The van der Waals surface area contributed by atoms with Crippen LogP contribution in [0.25, 0.3) is 10.9 Å². The van der Waals surface area contributed by atoms with Gasteiger partial charge in [0.15, 0.2) is 0 Å². The molecule has 0 spiro atoms. The highest BCUT2D eigenvalue weighted by atomic mass is 19.1. The molecule has 0 atom stereocenters. The van der Waals surface area contributed by atoms with Gasteiger partial charge in [-0.25, -0.2) is 9.18 Å². The topological polar surface area (TPSA) is 57.0 Å². The van der Waals surface area contributed by atoms with E-state index >= 15 is 0 Å². The Hall–Kier alpha value is -2.76. The van der Waals surface area contributed by atoms with Crippen molar-refractivity contribution >= 4 is 16.9 Å². The third kappa shape index (κ3) is 3.06. The van der Waals surface area contributed by atoms with Crippen LogP contribution in [0, 0.1) is 12.7 Å². The second kappa shape index (κ2) is 6.16. The van der Waals surface area contributed by atoms with Crippen LogP contribution in [0.3, 0.4) is 0 Å². The van der Waals surface area contributed by atoms with Gasteiger partial charge < -0.3 is 9.30 Å². The molecule has 6 heteroatoms. The number of hydrogen-bond donors (Lipinski definition) is 0. The SMILES string of the molecule is CCOC(=O)c1cc2cc(F)ccc2n1Cc1cncc(C)n1. The summed E-state index contributed by atoms with van der Waals surface area (Å²) in [6, 6.07) is 6.06. The first-order valence-electron chi connectivity index (χ1n) is 7.32. The molecular formula is C17H16FN3O2. The Labute approximate surface area is 132 Å². The Morgan fingerprint density at radius 1 is 1.30 bits per heavy atom. The predicted molar refractivity (Wildman–Crippen MR) is 83.7 cm³/mol. The smallest absolute Gasteiger partial charge is 0.354 e. The number of esters is 1. The lowest BCUT2D eigenvalue weighted by Crippen LogP contribution is -2.13. The standard InChI is InChI=1S/C17H16FN3O2/c1-3-23-17(22)16-7-12-6-13(18)4-5-15(12)21(16)10-14-9-19-8-11(2)20-14/h4-9H,3,10H2,1-2H3. The Kier molecular flexibility index (Phi) is 4.06. The van der Waals surface area contributed by atoms with Gasteiger partial charge in [-0.2, -0.15) is 0 Å². The van der Waals surface area contributed by atoms with E-state index in [4.69, 9.17) is 4.74 Å². The number of fused-ring (bicyclic) bond motifs is 1. The molecule has 0 aliphatic heterocycles. The van der Waals surface area contributed by atoms with Crippen molar-refractivity contribution in [1.29, 1.82) is 0 Å². The van der Waals surface area contributed by atoms with Gasteiger partial charge >= 0.3 is 5.97 Å². The summed E-state index contributed by atoms with van der Waals surface area (Å²) in [5.74, 6) is -0.787. The van der Waals surface area contributed by atoms with E-state index in [0.29, 0.717) is 17.6 Å². The first-order chi connectivity index (χ1) is 11.1. The highest BCUT2D eigenvalue weighted by Crippen LogP contribution is 2.23. The predicted octanol–water partition coefficient (Wildman–Crippen LogP) is 3.10. The van der Waals surface area contributed by atoms with E-state index in [9.17, 15) is 9.18 Å². The maximum atomic E-state index is 13.5. The van der Waals surface area contributed by atoms with Crippen LogP contribution >= 0.6 is 0 Å². The molecule has 0 fully saturated rings. The Bertz CT molecular complexity index is 873. The van der Waals surface area contributed by atoms with Gasteiger partial charge in [-0.05, 0) is 38.1 Å². The molecule has 0 saturated carbocycles. The number of carbonyl (C=O) groups excluding carboxylic acids is 1. The van der Waals surface area contributed by atoms with Crippen LogP contribution in [0.1, 0.15) is 28.8 Å². The molecular weight excluding hydrogens is 297 g/mol. The lowest BCUT2D eigenvalue weighted by atomic mass is 10.2. The maximum absolute atomic E-state index is 13.5. The summed E-state index contributed by atoms with van der Waals surface area (Å²) < 4.78 is 20.3. The number of carbonyl (C=O) groups is 1. The fraction of sp³-hybridized carbons (Fsp3) is 0.235. The van der Waals surface area contributed by atoms with Gasteiger partial charge in [0.05, 0.1) is 30.7 Å². The molecule has 0 unspecified atom stereocenters. The van der Waals surface area contributed by atoms with E-state index in [0.717, 1.165) is 16.9 Å². The van der Waals surface area contributed by atoms with E-state index < -0.39 is 5.97 Å². The molecule has 3 rings (SSSR count). The number of ether oxygens (including phenoxy) is 1. The van der Waals surface area contributed by atoms with Crippen LogP contribution in [0.2, 0.25) is 0 Å². The summed E-state index contributed by atoms with van der Waals surface area (Å²) in [5.41, 5.74) is 2.63. The van der Waals surface area contributed by atoms with E-state index in [1.807, 2.05) is 6.92 Å². The molecule has 0 radical (unpaired) electrons. The molecule has 0 aliphatic carbocycles. The number of hydrogen-bond acceptors (Lipinski definition) is 4. The van der Waals surface area contributed by atoms with Crippen LogP contribution in [-0.4, -0.2) is 27.1 Å². The zero-order valence-corrected chi connectivity index (χ0v) is 12.9. The lowest BCUT2D eigenvalue weighted by Gasteiger charge is -2.10. The Balaban J connectivity index is 2.11. The van der Waals surface area contributed by atoms with Crippen molar-refractivity contribution in [2.45, 2.75) is 20.4 Å². The van der Waals surface area contributed by atoms with Crippen LogP contribution in [-0.2, 0) is 11.3 Å². The molecule has 2 aromatic heterocycles. The fourth-order valence-electron chi connectivity index (χ4n) is 2.54. The molecule has 5 nitrogen and oxygen atoms in total. The van der Waals surface area contributed by atoms with Crippen molar-refractivity contribution in [2.75, 3.05) is 6.61 Å². The lowest BCUT2D eigenvalue weighted by molar-refractivity contribution is 0.0515. The van der Waals surface area contributed by atoms with E-state index in [1.54, 1.807) is 36.0 Å². The van der Waals surface area contributed by atoms with Crippen molar-refractivity contribution in [1.82, 2.24) is 14.5 Å². The van der Waals surface area contributed by atoms with Gasteiger partial charge in [-0.15, -0.1) is 0 Å². The number of halogens is 1. The Morgan fingerprint density at radius 3 is 2.87 bits per heavy atom. The molecule has 1 aromatic carbocycles. The summed E-state index contributed by atoms with van der Waals surface area (Å²) in [4.78, 5) is 20.7. The second-order valence-corrected chi connectivity index (χ2v) is 5.19. The quantitative estimate of drug-likeness (QED) is 0.695. The molecule has 3 aromatic rings. The van der Waals surface area contributed by atoms with Crippen LogP contribution in [0.4, 0.5) is 4.39 Å². The van der Waals surface area contributed by atoms with Crippen LogP contribution in [0.5, 0.6) is 0 Å². The number of nitrogens with zero attached hydrogens (tertiary/aromatic N) is 3. The van der Waals surface area contributed by atoms with Crippen molar-refractivity contribution in [2.24, 2.45) is 0 Å². The third-order valence-corrected chi connectivity index (χ3v) is 3.47. The number of benzene rings is 1. The minimum Gasteiger partial charge on any atom is -0.461 e. The first-order valence-corrected chi connectivity index (χ1v) is 7.32. The highest BCUT2D eigenvalue weighted by Gasteiger charge is 2.17. The summed E-state index contributed by atoms with van der Waals surface area (Å²) in [5, 5.41) is 0.647. The Morgan fingerprint density at radius 2 is 2.13 bits per heavy atom. The van der Waals surface area contributed by atoms with E-state index in [2.05, 4.69) is 9.97 Å². The normalized spacial score (nSPS) is 10.9. The summed E-state index contributed by atoms with van der Waals surface area (Å²) >= 11 is 0. The minimum atomic E-state index is -0.440. The van der Waals surface area contributed by atoms with Gasteiger partial charge in [0.1, 0.15) is 11.5 Å². The van der Waals surface area contributed by atoms with Crippen LogP contribution < -0.4 is 0 Å². The molecule has 23 heavy (non-hydrogen) atoms. The van der Waals surface area contributed by atoms with Crippen molar-refractivity contribution in [3.63, 3.8) is 0 Å². The molecule has 118 valence electrons. The van der Waals surface area contributed by atoms with Gasteiger partial charge in [0.2, 0.25) is 0 Å². The van der Waals surface area contributed by atoms with Gasteiger partial charge in [-0.3, -0.25) is 9.97 Å². The number of rotatable bonds is 4. The molecule has 0 saturated heterocycles. The number of aryl methyl sites for hydroxylation is 1. The monoisotopic (exact) mass is 313 g/mol. The maximum Gasteiger partial charge on any atom is 0.354 e. The average molecular weight is 313 g/mol. The average Bonchev–Trinajstić information content (AvgIpc) is 2.85. The van der Waals surface area contributed by atoms with Crippen LogP contribution in [0.15, 0.2) is 36.7 Å². The summed E-state index contributed by atoms with van der Waals surface area (Å²) in [6.45, 7) is 4.24. The van der Waals surface area contributed by atoms with Gasteiger partial charge in [-0.1, -0.05) is 0 Å². The summed E-state index contributed by atoms with van der Waals surface area (Å²) in [6.07, 6.45) is 3.32. The minimum absolute atomic E-state index is 0.277. The molecule has 0 N–H and O–H groups in total. The van der Waals surface area contributed by atoms with Crippen molar-refractivity contribution in [3.05, 3.63) is 59.6 Å². The van der Waals surface area contributed by atoms with Gasteiger partial charge in [0.25, 0.3) is 0 Å². The third-order valence-electron chi connectivity index (χ3n) is 3.47. The van der Waals surface area contributed by atoms with E-state index in [-0.39, 0.29) is 12.4 Å². The van der Waals surface area contributed by atoms with Gasteiger partial charge in [0, 0.05) is 17.1 Å². The zero-order valence-electron chi connectivity index (χ0n) is 12.9. The molecule has 0 aliphatic rings. The molecule has 0 bridgehead atoms. The second-order valence-electron chi connectivity index (χ2n) is 5.19. The fourth-order valence-corrected chi connectivity index (χ4v) is 2.54. The zero-order chi connectivity index (χ0) is 16.4. The van der Waals surface area contributed by atoms with Crippen molar-refractivity contribution < 1.29 is 13.9 Å². The summed E-state index contributed by atoms with van der Waals surface area (Å²) in [7, 11) is 0. The molecule has 0 amide bonds. The highest BCUT2D eigenvalue weighted by molar-refractivity contribution is 5.95. The first kappa shape index (κ1) is 15.1.